The molecule has 1 aliphatic rings. The van der Waals surface area contributed by atoms with Gasteiger partial charge in [0.25, 0.3) is 5.56 Å². The number of methoxy groups -OCH3 is 1. The predicted molar refractivity (Wildman–Crippen MR) is 115 cm³/mol. The van der Waals surface area contributed by atoms with Gasteiger partial charge in [0, 0.05) is 38.9 Å². The average molecular weight is 408 g/mol. The molecule has 30 heavy (non-hydrogen) atoms. The lowest BCUT2D eigenvalue weighted by Gasteiger charge is -2.35. The Labute approximate surface area is 173 Å². The molecule has 1 saturated heterocycles. The van der Waals surface area contributed by atoms with Gasteiger partial charge in [-0.1, -0.05) is 12.1 Å². The highest BCUT2D eigenvalue weighted by atomic mass is 16.5. The van der Waals surface area contributed by atoms with E-state index in [4.69, 9.17) is 4.74 Å². The van der Waals surface area contributed by atoms with Gasteiger partial charge in [-0.15, -0.1) is 0 Å². The van der Waals surface area contributed by atoms with E-state index in [0.29, 0.717) is 61.1 Å². The minimum Gasteiger partial charge on any atom is -0.495 e. The number of urea groups is 1. The van der Waals surface area contributed by atoms with Crippen LogP contribution < -0.4 is 20.5 Å². The number of amides is 2. The zero-order valence-electron chi connectivity index (χ0n) is 17.0. The number of benzene rings is 1. The number of pyridine rings is 1. The Morgan fingerprint density at radius 1 is 1.13 bits per heavy atom. The summed E-state index contributed by atoms with van der Waals surface area (Å²) in [7, 11) is 1.57. The highest BCUT2D eigenvalue weighted by molar-refractivity contribution is 5.91. The molecule has 9 nitrogen and oxygen atoms in total. The van der Waals surface area contributed by atoms with E-state index >= 15 is 0 Å². The Balaban J connectivity index is 1.49. The van der Waals surface area contributed by atoms with Gasteiger partial charge in [0.1, 0.15) is 11.3 Å². The van der Waals surface area contributed by atoms with Gasteiger partial charge in [0.05, 0.1) is 12.8 Å². The molecule has 1 N–H and O–H groups in total. The molecule has 0 spiro atoms. The molecule has 1 fully saturated rings. The highest BCUT2D eigenvalue weighted by Crippen LogP contribution is 2.23. The van der Waals surface area contributed by atoms with Crippen LogP contribution in [0, 0.1) is 0 Å². The topological polar surface area (TPSA) is 92.6 Å². The van der Waals surface area contributed by atoms with Crippen molar-refractivity contribution >= 4 is 28.7 Å². The Morgan fingerprint density at radius 2 is 1.90 bits per heavy atom. The fraction of sp³-hybridized carbons (Fsp3) is 0.333. The number of carbonyl (C=O) groups excluding carboxylic acids is 1. The summed E-state index contributed by atoms with van der Waals surface area (Å²) in [5.41, 5.74) is 1.74. The number of rotatable bonds is 4. The van der Waals surface area contributed by atoms with Crippen LogP contribution in [0.2, 0.25) is 0 Å². The first-order valence-corrected chi connectivity index (χ1v) is 9.92. The van der Waals surface area contributed by atoms with Crippen LogP contribution in [0.5, 0.6) is 5.75 Å². The molecule has 1 aliphatic heterocycles. The van der Waals surface area contributed by atoms with Crippen LogP contribution in [-0.4, -0.2) is 58.8 Å². The van der Waals surface area contributed by atoms with Crippen LogP contribution in [-0.2, 0) is 6.54 Å². The highest BCUT2D eigenvalue weighted by Gasteiger charge is 2.25. The molecule has 0 bridgehead atoms. The maximum Gasteiger partial charge on any atom is 0.322 e. The Kier molecular flexibility index (Phi) is 5.51. The lowest BCUT2D eigenvalue weighted by atomic mass is 10.3. The summed E-state index contributed by atoms with van der Waals surface area (Å²) in [6.45, 7) is 4.45. The van der Waals surface area contributed by atoms with E-state index in [1.807, 2.05) is 36.1 Å². The number of nitrogens with one attached hydrogen (secondary N) is 1. The monoisotopic (exact) mass is 408 g/mol. The molecule has 0 atom stereocenters. The summed E-state index contributed by atoms with van der Waals surface area (Å²) in [6.07, 6.45) is 1.66. The van der Waals surface area contributed by atoms with Crippen LogP contribution in [0.25, 0.3) is 11.2 Å². The van der Waals surface area contributed by atoms with Gasteiger partial charge in [-0.05, 0) is 31.2 Å². The number of fused-ring (bicyclic) bond motifs is 1. The summed E-state index contributed by atoms with van der Waals surface area (Å²) in [6, 6.07) is 10.8. The van der Waals surface area contributed by atoms with Gasteiger partial charge in [-0.25, -0.2) is 14.8 Å². The second-order valence-electron chi connectivity index (χ2n) is 6.94. The minimum atomic E-state index is -0.194. The summed E-state index contributed by atoms with van der Waals surface area (Å²) < 4.78 is 6.92. The first-order chi connectivity index (χ1) is 14.6. The second-order valence-corrected chi connectivity index (χ2v) is 6.94. The van der Waals surface area contributed by atoms with Crippen molar-refractivity contribution in [3.05, 3.63) is 52.9 Å². The van der Waals surface area contributed by atoms with Crippen molar-refractivity contribution in [2.24, 2.45) is 0 Å². The number of aryl methyl sites for hydroxylation is 1. The van der Waals surface area contributed by atoms with Crippen LogP contribution in [0.15, 0.2) is 47.4 Å². The maximum absolute atomic E-state index is 13.0. The SMILES string of the molecule is CCn1c(=O)c(N2CCN(C(=O)Nc3ccccc3OC)CC2)nc2cccnc21. The molecular formula is C21H24N6O3. The predicted octanol–water partition coefficient (Wildman–Crippen LogP) is 2.17. The normalized spacial score (nSPS) is 14.1. The molecule has 0 saturated carbocycles. The molecule has 2 amide bonds. The third-order valence-electron chi connectivity index (χ3n) is 5.22. The van der Waals surface area contributed by atoms with E-state index in [0.717, 1.165) is 0 Å². The zero-order valence-corrected chi connectivity index (χ0v) is 17.0. The first kappa shape index (κ1) is 19.7. The van der Waals surface area contributed by atoms with Crippen molar-refractivity contribution in [3.63, 3.8) is 0 Å². The Bertz CT molecular complexity index is 1120. The molecular weight excluding hydrogens is 384 g/mol. The lowest BCUT2D eigenvalue weighted by Crippen LogP contribution is -2.51. The number of nitrogens with zero attached hydrogens (tertiary/aromatic N) is 5. The second kappa shape index (κ2) is 8.40. The maximum atomic E-state index is 13.0. The van der Waals surface area contributed by atoms with Crippen molar-refractivity contribution in [1.82, 2.24) is 19.4 Å². The number of hydrogen-bond acceptors (Lipinski definition) is 6. The van der Waals surface area contributed by atoms with Gasteiger partial charge < -0.3 is 19.9 Å². The average Bonchev–Trinajstić information content (AvgIpc) is 2.79. The molecule has 9 heteroatoms. The van der Waals surface area contributed by atoms with Gasteiger partial charge >= 0.3 is 6.03 Å². The van der Waals surface area contributed by atoms with E-state index in [-0.39, 0.29) is 11.6 Å². The standard InChI is InChI=1S/C21H24N6O3/c1-3-27-18-16(8-6-10-22-18)23-19(20(27)28)25-11-13-26(14-12-25)21(29)24-15-7-4-5-9-17(15)30-2/h4-10H,3,11-14H2,1-2H3,(H,24,29). The van der Waals surface area contributed by atoms with Crippen LogP contribution in [0.3, 0.4) is 0 Å². The molecule has 3 heterocycles. The molecule has 1 aromatic carbocycles. The fourth-order valence-electron chi connectivity index (χ4n) is 3.63. The van der Waals surface area contributed by atoms with Gasteiger partial charge in [-0.3, -0.25) is 9.36 Å². The number of piperazine rings is 1. The van der Waals surface area contributed by atoms with E-state index in [9.17, 15) is 9.59 Å². The zero-order chi connectivity index (χ0) is 21.1. The number of aromatic nitrogens is 3. The number of ether oxygens (including phenoxy) is 1. The van der Waals surface area contributed by atoms with E-state index in [1.54, 1.807) is 34.9 Å². The number of carbonyl (C=O) groups is 1. The van der Waals surface area contributed by atoms with Gasteiger partial charge in [0.2, 0.25) is 0 Å². The van der Waals surface area contributed by atoms with E-state index in [1.165, 1.54) is 0 Å². The third-order valence-corrected chi connectivity index (χ3v) is 5.22. The largest absolute Gasteiger partial charge is 0.495 e. The quantitative estimate of drug-likeness (QED) is 0.711. The van der Waals surface area contributed by atoms with Crippen molar-refractivity contribution < 1.29 is 9.53 Å². The van der Waals surface area contributed by atoms with Crippen LogP contribution >= 0.6 is 0 Å². The fourth-order valence-corrected chi connectivity index (χ4v) is 3.63. The summed E-state index contributed by atoms with van der Waals surface area (Å²) in [5.74, 6) is 1.01. The molecule has 3 aromatic rings. The van der Waals surface area contributed by atoms with Gasteiger partial charge in [-0.2, -0.15) is 0 Å². The van der Waals surface area contributed by atoms with E-state index < -0.39 is 0 Å². The Morgan fingerprint density at radius 3 is 2.63 bits per heavy atom. The molecule has 2 aromatic heterocycles. The van der Waals surface area contributed by atoms with Crippen molar-refractivity contribution in [2.75, 3.05) is 43.5 Å². The number of hydrogen-bond donors (Lipinski definition) is 1. The Hall–Kier alpha value is -3.62. The van der Waals surface area contributed by atoms with Crippen molar-refractivity contribution in [1.29, 1.82) is 0 Å². The summed E-state index contributed by atoms with van der Waals surface area (Å²) in [4.78, 5) is 38.1. The molecule has 156 valence electrons. The molecule has 4 rings (SSSR count). The lowest BCUT2D eigenvalue weighted by molar-refractivity contribution is 0.208. The van der Waals surface area contributed by atoms with Gasteiger partial charge in [0.15, 0.2) is 11.5 Å². The molecule has 0 radical (unpaired) electrons. The summed E-state index contributed by atoms with van der Waals surface area (Å²) in [5, 5.41) is 2.89. The van der Waals surface area contributed by atoms with Crippen LogP contribution in [0.1, 0.15) is 6.92 Å². The van der Waals surface area contributed by atoms with Crippen molar-refractivity contribution in [3.8, 4) is 5.75 Å². The van der Waals surface area contributed by atoms with E-state index in [2.05, 4.69) is 15.3 Å². The summed E-state index contributed by atoms with van der Waals surface area (Å²) >= 11 is 0. The first-order valence-electron chi connectivity index (χ1n) is 9.92. The minimum absolute atomic E-state index is 0.157. The van der Waals surface area contributed by atoms with Crippen molar-refractivity contribution in [2.45, 2.75) is 13.5 Å². The number of anilines is 2. The van der Waals surface area contributed by atoms with Crippen LogP contribution in [0.4, 0.5) is 16.3 Å². The molecule has 0 aliphatic carbocycles. The smallest absolute Gasteiger partial charge is 0.322 e. The number of para-hydroxylation sites is 2. The molecule has 0 unspecified atom stereocenters. The third kappa shape index (κ3) is 3.66.